The molecule has 138 valence electrons. The van der Waals surface area contributed by atoms with E-state index < -0.39 is 0 Å². The predicted molar refractivity (Wildman–Crippen MR) is 108 cm³/mol. The lowest BCUT2D eigenvalue weighted by molar-refractivity contribution is -0.130. The van der Waals surface area contributed by atoms with Gasteiger partial charge in [-0.3, -0.25) is 9.78 Å². The molecule has 0 saturated heterocycles. The maximum atomic E-state index is 12.6. The van der Waals surface area contributed by atoms with Crippen molar-refractivity contribution < 1.29 is 4.79 Å². The molecular weight excluding hydrogens is 334 g/mol. The van der Waals surface area contributed by atoms with Crippen LogP contribution in [0.4, 0.5) is 0 Å². The molecular formula is C23H25N3O. The summed E-state index contributed by atoms with van der Waals surface area (Å²) in [5.41, 5.74) is 3.94. The number of fused-ring (bicyclic) bond motifs is 2. The molecule has 27 heavy (non-hydrogen) atoms. The molecule has 0 fully saturated rings. The summed E-state index contributed by atoms with van der Waals surface area (Å²) in [6.45, 7) is 1.54. The standard InChI is InChI=1S/C23H25N3O/c1-26(16-17-6-7-21-14-24-11-10-19(21)12-17)23(27)9-8-22-13-18-4-2-3-5-20(18)15-25-22/h2-7,10-12,14,22,25H,8-9,13,15-16H2,1H3. The van der Waals surface area contributed by atoms with Gasteiger partial charge in [-0.25, -0.2) is 0 Å². The van der Waals surface area contributed by atoms with Gasteiger partial charge in [-0.15, -0.1) is 0 Å². The third-order valence-corrected chi connectivity index (χ3v) is 5.42. The van der Waals surface area contributed by atoms with E-state index in [1.54, 1.807) is 6.20 Å². The molecule has 2 aromatic carbocycles. The normalized spacial score (nSPS) is 16.1. The SMILES string of the molecule is CN(Cc1ccc2cnccc2c1)C(=O)CCC1Cc2ccccc2CN1. The van der Waals surface area contributed by atoms with Crippen LogP contribution in [0.25, 0.3) is 10.8 Å². The number of rotatable bonds is 5. The molecule has 1 aliphatic rings. The van der Waals surface area contributed by atoms with Gasteiger partial charge < -0.3 is 10.2 Å². The molecule has 0 bridgehead atoms. The van der Waals surface area contributed by atoms with Crippen LogP contribution < -0.4 is 5.32 Å². The van der Waals surface area contributed by atoms with Gasteiger partial charge in [0.25, 0.3) is 0 Å². The Kier molecular flexibility index (Phi) is 5.16. The molecule has 4 rings (SSSR count). The highest BCUT2D eigenvalue weighted by atomic mass is 16.2. The first-order chi connectivity index (χ1) is 13.2. The van der Waals surface area contributed by atoms with Crippen LogP contribution in [-0.4, -0.2) is 28.9 Å². The number of aromatic nitrogens is 1. The van der Waals surface area contributed by atoms with Gasteiger partial charge in [0.1, 0.15) is 0 Å². The molecule has 2 heterocycles. The molecule has 1 atom stereocenters. The van der Waals surface area contributed by atoms with E-state index in [2.05, 4.69) is 52.8 Å². The van der Waals surface area contributed by atoms with Gasteiger partial charge in [0, 0.05) is 50.4 Å². The zero-order valence-corrected chi connectivity index (χ0v) is 15.7. The summed E-state index contributed by atoms with van der Waals surface area (Å²) in [5, 5.41) is 5.85. The molecule has 4 heteroatoms. The van der Waals surface area contributed by atoms with Gasteiger partial charge >= 0.3 is 0 Å². The van der Waals surface area contributed by atoms with Gasteiger partial charge in [0.05, 0.1) is 0 Å². The second-order valence-electron chi connectivity index (χ2n) is 7.40. The summed E-state index contributed by atoms with van der Waals surface area (Å²) >= 11 is 0. The number of nitrogens with zero attached hydrogens (tertiary/aromatic N) is 2. The third-order valence-electron chi connectivity index (χ3n) is 5.42. The Morgan fingerprint density at radius 2 is 2.00 bits per heavy atom. The molecule has 1 amide bonds. The van der Waals surface area contributed by atoms with Gasteiger partial charge in [-0.1, -0.05) is 36.4 Å². The Hall–Kier alpha value is -2.72. The van der Waals surface area contributed by atoms with Crippen molar-refractivity contribution in [1.29, 1.82) is 0 Å². The first kappa shape index (κ1) is 17.7. The van der Waals surface area contributed by atoms with Crippen molar-refractivity contribution in [3.05, 3.63) is 77.6 Å². The molecule has 1 aromatic heterocycles. The smallest absolute Gasteiger partial charge is 0.222 e. The van der Waals surface area contributed by atoms with E-state index in [0.717, 1.165) is 35.7 Å². The molecule has 0 saturated carbocycles. The Labute approximate surface area is 160 Å². The van der Waals surface area contributed by atoms with Crippen LogP contribution in [0, 0.1) is 0 Å². The minimum Gasteiger partial charge on any atom is -0.341 e. The maximum absolute atomic E-state index is 12.6. The van der Waals surface area contributed by atoms with Crippen molar-refractivity contribution in [1.82, 2.24) is 15.2 Å². The molecule has 1 N–H and O–H groups in total. The lowest BCUT2D eigenvalue weighted by Crippen LogP contribution is -2.37. The molecule has 1 unspecified atom stereocenters. The van der Waals surface area contributed by atoms with Crippen molar-refractivity contribution in [2.24, 2.45) is 0 Å². The molecule has 0 radical (unpaired) electrons. The number of hydrogen-bond donors (Lipinski definition) is 1. The van der Waals surface area contributed by atoms with Crippen LogP contribution in [-0.2, 0) is 24.3 Å². The van der Waals surface area contributed by atoms with Crippen LogP contribution in [0.1, 0.15) is 29.5 Å². The Morgan fingerprint density at radius 3 is 2.89 bits per heavy atom. The van der Waals surface area contributed by atoms with E-state index in [0.29, 0.717) is 19.0 Å². The number of amides is 1. The number of benzene rings is 2. The average molecular weight is 359 g/mol. The lowest BCUT2D eigenvalue weighted by atomic mass is 9.93. The van der Waals surface area contributed by atoms with Crippen molar-refractivity contribution >= 4 is 16.7 Å². The Balaban J connectivity index is 1.31. The van der Waals surface area contributed by atoms with Gasteiger partial charge in [-0.05, 0) is 47.1 Å². The second kappa shape index (κ2) is 7.89. The summed E-state index contributed by atoms with van der Waals surface area (Å²) in [6, 6.07) is 17.2. The van der Waals surface area contributed by atoms with E-state index in [1.165, 1.54) is 11.1 Å². The van der Waals surface area contributed by atoms with Crippen LogP contribution in [0.5, 0.6) is 0 Å². The van der Waals surface area contributed by atoms with Crippen LogP contribution in [0.2, 0.25) is 0 Å². The van der Waals surface area contributed by atoms with Crippen molar-refractivity contribution in [2.45, 2.75) is 38.4 Å². The van der Waals surface area contributed by atoms with Crippen molar-refractivity contribution in [3.8, 4) is 0 Å². The fourth-order valence-corrected chi connectivity index (χ4v) is 3.81. The van der Waals surface area contributed by atoms with Gasteiger partial charge in [0.15, 0.2) is 0 Å². The van der Waals surface area contributed by atoms with Crippen LogP contribution in [0.15, 0.2) is 60.9 Å². The monoisotopic (exact) mass is 359 g/mol. The van der Waals surface area contributed by atoms with E-state index in [-0.39, 0.29) is 5.91 Å². The van der Waals surface area contributed by atoms with Crippen LogP contribution in [0.3, 0.4) is 0 Å². The fraction of sp³-hybridized carbons (Fsp3) is 0.304. The minimum atomic E-state index is 0.200. The largest absolute Gasteiger partial charge is 0.341 e. The number of carbonyl (C=O) groups excluding carboxylic acids is 1. The van der Waals surface area contributed by atoms with E-state index in [4.69, 9.17) is 0 Å². The first-order valence-corrected chi connectivity index (χ1v) is 9.56. The Bertz CT molecular complexity index is 953. The molecule has 1 aliphatic heterocycles. The number of nitrogens with one attached hydrogen (secondary N) is 1. The number of carbonyl (C=O) groups is 1. The maximum Gasteiger partial charge on any atom is 0.222 e. The summed E-state index contributed by atoms with van der Waals surface area (Å²) < 4.78 is 0. The average Bonchev–Trinajstić information content (AvgIpc) is 2.71. The molecule has 3 aromatic rings. The third kappa shape index (κ3) is 4.17. The van der Waals surface area contributed by atoms with Gasteiger partial charge in [-0.2, -0.15) is 0 Å². The van der Waals surface area contributed by atoms with Crippen molar-refractivity contribution in [3.63, 3.8) is 0 Å². The highest BCUT2D eigenvalue weighted by Crippen LogP contribution is 2.19. The molecule has 0 spiro atoms. The Morgan fingerprint density at radius 1 is 1.15 bits per heavy atom. The highest BCUT2D eigenvalue weighted by Gasteiger charge is 2.19. The second-order valence-corrected chi connectivity index (χ2v) is 7.40. The highest BCUT2D eigenvalue weighted by molar-refractivity contribution is 5.82. The summed E-state index contributed by atoms with van der Waals surface area (Å²) in [7, 11) is 1.89. The van der Waals surface area contributed by atoms with E-state index in [1.807, 2.05) is 24.2 Å². The summed E-state index contributed by atoms with van der Waals surface area (Å²) in [4.78, 5) is 18.6. The fourth-order valence-electron chi connectivity index (χ4n) is 3.81. The summed E-state index contributed by atoms with van der Waals surface area (Å²) in [6.07, 6.45) is 6.13. The molecule has 4 nitrogen and oxygen atoms in total. The lowest BCUT2D eigenvalue weighted by Gasteiger charge is -2.26. The quantitative estimate of drug-likeness (QED) is 0.756. The predicted octanol–water partition coefficient (Wildman–Crippen LogP) is 3.69. The topological polar surface area (TPSA) is 45.2 Å². The zero-order valence-electron chi connectivity index (χ0n) is 15.7. The molecule has 0 aliphatic carbocycles. The minimum absolute atomic E-state index is 0.200. The van der Waals surface area contributed by atoms with Crippen LogP contribution >= 0.6 is 0 Å². The summed E-state index contributed by atoms with van der Waals surface area (Å²) in [5.74, 6) is 0.200. The number of hydrogen-bond acceptors (Lipinski definition) is 3. The van der Waals surface area contributed by atoms with Gasteiger partial charge in [0.2, 0.25) is 5.91 Å². The zero-order chi connectivity index (χ0) is 18.6. The van der Waals surface area contributed by atoms with E-state index >= 15 is 0 Å². The van der Waals surface area contributed by atoms with Crippen molar-refractivity contribution in [2.75, 3.05) is 7.05 Å². The number of pyridine rings is 1. The van der Waals surface area contributed by atoms with E-state index in [9.17, 15) is 4.79 Å². The first-order valence-electron chi connectivity index (χ1n) is 9.56.